The van der Waals surface area contributed by atoms with Crippen LogP contribution in [-0.4, -0.2) is 38.2 Å². The lowest BCUT2D eigenvalue weighted by atomic mass is 10.1. The summed E-state index contributed by atoms with van der Waals surface area (Å²) in [6.07, 6.45) is 0.615. The highest BCUT2D eigenvalue weighted by molar-refractivity contribution is 5.97. The molecule has 0 radical (unpaired) electrons. The normalized spacial score (nSPS) is 15.2. The van der Waals surface area contributed by atoms with Crippen LogP contribution in [0.5, 0.6) is 0 Å². The number of amides is 2. The van der Waals surface area contributed by atoms with Gasteiger partial charge in [-0.25, -0.2) is 4.39 Å². The second kappa shape index (κ2) is 8.02. The molecule has 0 saturated carbocycles. The van der Waals surface area contributed by atoms with Crippen molar-refractivity contribution in [3.63, 3.8) is 0 Å². The fourth-order valence-corrected chi connectivity index (χ4v) is 3.94. The Morgan fingerprint density at radius 3 is 2.52 bits per heavy atom. The Morgan fingerprint density at radius 2 is 1.87 bits per heavy atom. The minimum atomic E-state index is -0.295. The third-order valence-electron chi connectivity index (χ3n) is 5.62. The summed E-state index contributed by atoms with van der Waals surface area (Å²) in [5.41, 5.74) is 4.44. The number of rotatable bonds is 5. The molecule has 2 amide bonds. The summed E-state index contributed by atoms with van der Waals surface area (Å²) in [6, 6.07) is 9.80. The molecule has 31 heavy (non-hydrogen) atoms. The number of carbonyl (C=O) groups excluding carboxylic acids is 2. The predicted molar refractivity (Wildman–Crippen MR) is 115 cm³/mol. The third-order valence-corrected chi connectivity index (χ3v) is 5.62. The number of carbonyl (C=O) groups is 2. The molecule has 3 aromatic rings. The number of benzene rings is 1. The van der Waals surface area contributed by atoms with E-state index in [1.165, 1.54) is 12.1 Å². The number of halogens is 1. The maximum atomic E-state index is 13.3. The van der Waals surface area contributed by atoms with Crippen LogP contribution in [0.25, 0.3) is 11.3 Å². The highest BCUT2D eigenvalue weighted by Crippen LogP contribution is 2.25. The molecule has 0 fully saturated rings. The van der Waals surface area contributed by atoms with Crippen molar-refractivity contribution in [1.29, 1.82) is 0 Å². The molecule has 7 nitrogen and oxygen atoms in total. The van der Waals surface area contributed by atoms with Crippen LogP contribution in [0, 0.1) is 12.7 Å². The van der Waals surface area contributed by atoms with E-state index in [0.717, 1.165) is 22.6 Å². The Morgan fingerprint density at radius 1 is 1.16 bits per heavy atom. The summed E-state index contributed by atoms with van der Waals surface area (Å²) in [5, 5.41) is 10.3. The van der Waals surface area contributed by atoms with Gasteiger partial charge in [-0.1, -0.05) is 0 Å². The molecule has 0 saturated heterocycles. The van der Waals surface area contributed by atoms with Gasteiger partial charge in [-0.3, -0.25) is 14.3 Å². The largest absolute Gasteiger partial charge is 0.348 e. The summed E-state index contributed by atoms with van der Waals surface area (Å²) in [6.45, 7) is 6.22. The van der Waals surface area contributed by atoms with Crippen molar-refractivity contribution < 1.29 is 14.0 Å². The molecule has 1 aliphatic rings. The number of hydrogen-bond donors (Lipinski definition) is 2. The van der Waals surface area contributed by atoms with Gasteiger partial charge in [-0.15, -0.1) is 0 Å². The van der Waals surface area contributed by atoms with Crippen LogP contribution in [0.4, 0.5) is 4.39 Å². The Kier molecular flexibility index (Phi) is 5.39. The molecule has 0 aliphatic carbocycles. The number of aromatic nitrogens is 3. The van der Waals surface area contributed by atoms with E-state index >= 15 is 0 Å². The van der Waals surface area contributed by atoms with E-state index in [1.807, 2.05) is 38.5 Å². The SMILES string of the molecule is Cc1c(C(=O)N[C@H]2Cc3cc(C(=O)NC(C)C)nn3C2)cc(-c2ccc(F)cc2)n1C. The van der Waals surface area contributed by atoms with Crippen molar-refractivity contribution >= 4 is 11.8 Å². The van der Waals surface area contributed by atoms with Crippen molar-refractivity contribution in [2.75, 3.05) is 0 Å². The summed E-state index contributed by atoms with van der Waals surface area (Å²) in [4.78, 5) is 25.1. The van der Waals surface area contributed by atoms with Gasteiger partial charge in [0.05, 0.1) is 18.2 Å². The highest BCUT2D eigenvalue weighted by atomic mass is 19.1. The minimum absolute atomic E-state index is 0.0463. The van der Waals surface area contributed by atoms with Gasteiger partial charge in [0.25, 0.3) is 11.8 Å². The van der Waals surface area contributed by atoms with Crippen molar-refractivity contribution in [1.82, 2.24) is 25.0 Å². The molecule has 8 heteroatoms. The zero-order chi connectivity index (χ0) is 22.3. The molecule has 4 rings (SSSR count). The van der Waals surface area contributed by atoms with Crippen molar-refractivity contribution in [3.8, 4) is 11.3 Å². The molecule has 2 aromatic heterocycles. The van der Waals surface area contributed by atoms with Gasteiger partial charge in [0.15, 0.2) is 0 Å². The zero-order valence-corrected chi connectivity index (χ0v) is 18.1. The predicted octanol–water partition coefficient (Wildman–Crippen LogP) is 2.83. The highest BCUT2D eigenvalue weighted by Gasteiger charge is 2.28. The molecule has 3 heterocycles. The molecule has 0 unspecified atom stereocenters. The molecule has 0 bridgehead atoms. The summed E-state index contributed by atoms with van der Waals surface area (Å²) in [7, 11) is 1.89. The summed E-state index contributed by atoms with van der Waals surface area (Å²) in [5.74, 6) is -0.642. The first-order valence-corrected chi connectivity index (χ1v) is 10.3. The second-order valence-electron chi connectivity index (χ2n) is 8.30. The van der Waals surface area contributed by atoms with Crippen molar-refractivity contribution in [2.24, 2.45) is 7.05 Å². The van der Waals surface area contributed by atoms with Crippen LogP contribution < -0.4 is 10.6 Å². The van der Waals surface area contributed by atoms with Crippen molar-refractivity contribution in [2.45, 2.75) is 45.8 Å². The average molecular weight is 423 g/mol. The smallest absolute Gasteiger partial charge is 0.271 e. The second-order valence-corrected chi connectivity index (χ2v) is 8.30. The molecule has 1 aromatic carbocycles. The number of nitrogens with one attached hydrogen (secondary N) is 2. The molecular formula is C23H26FN5O2. The van der Waals surface area contributed by atoms with Gasteiger partial charge >= 0.3 is 0 Å². The molecule has 1 aliphatic heterocycles. The minimum Gasteiger partial charge on any atom is -0.348 e. The Balaban J connectivity index is 1.45. The van der Waals surface area contributed by atoms with E-state index in [2.05, 4.69) is 15.7 Å². The molecular weight excluding hydrogens is 397 g/mol. The van der Waals surface area contributed by atoms with E-state index in [0.29, 0.717) is 24.2 Å². The van der Waals surface area contributed by atoms with E-state index < -0.39 is 0 Å². The van der Waals surface area contributed by atoms with Crippen LogP contribution >= 0.6 is 0 Å². The van der Waals surface area contributed by atoms with Crippen LogP contribution in [0.15, 0.2) is 36.4 Å². The quantitative estimate of drug-likeness (QED) is 0.662. The Hall–Kier alpha value is -3.42. The van der Waals surface area contributed by atoms with Crippen LogP contribution in [0.3, 0.4) is 0 Å². The number of nitrogens with zero attached hydrogens (tertiary/aromatic N) is 3. The standard InChI is InChI=1S/C23H26FN5O2/c1-13(2)25-23(31)20-10-18-9-17(12-29(18)27-20)26-22(30)19-11-21(28(4)14(19)3)15-5-7-16(24)8-6-15/h5-8,10-11,13,17H,9,12H2,1-4H3,(H,25,31)(H,26,30)/t17-/m0/s1. The first-order chi connectivity index (χ1) is 14.7. The molecule has 1 atom stereocenters. The van der Waals surface area contributed by atoms with Gasteiger partial charge in [-0.2, -0.15) is 5.10 Å². The van der Waals surface area contributed by atoms with E-state index in [-0.39, 0.29) is 29.7 Å². The topological polar surface area (TPSA) is 81.0 Å². The van der Waals surface area contributed by atoms with Gasteiger partial charge in [0.2, 0.25) is 0 Å². The number of hydrogen-bond acceptors (Lipinski definition) is 3. The van der Waals surface area contributed by atoms with E-state index in [4.69, 9.17) is 0 Å². The molecule has 2 N–H and O–H groups in total. The zero-order valence-electron chi connectivity index (χ0n) is 18.1. The first kappa shape index (κ1) is 20.8. The lowest BCUT2D eigenvalue weighted by Gasteiger charge is -2.12. The fraction of sp³-hybridized carbons (Fsp3) is 0.348. The van der Waals surface area contributed by atoms with E-state index in [9.17, 15) is 14.0 Å². The van der Waals surface area contributed by atoms with Crippen LogP contribution in [0.2, 0.25) is 0 Å². The maximum absolute atomic E-state index is 13.3. The Labute approximate surface area is 180 Å². The van der Waals surface area contributed by atoms with Gasteiger partial charge in [0.1, 0.15) is 11.5 Å². The number of fused-ring (bicyclic) bond motifs is 1. The molecule has 0 spiro atoms. The third kappa shape index (κ3) is 4.10. The lowest BCUT2D eigenvalue weighted by molar-refractivity contribution is 0.0923. The average Bonchev–Trinajstić information content (AvgIpc) is 3.35. The Bertz CT molecular complexity index is 1120. The molecule has 162 valence electrons. The van der Waals surface area contributed by atoms with Gasteiger partial charge in [-0.05, 0) is 62.7 Å². The summed E-state index contributed by atoms with van der Waals surface area (Å²) >= 11 is 0. The van der Waals surface area contributed by atoms with Crippen LogP contribution in [0.1, 0.15) is 46.1 Å². The van der Waals surface area contributed by atoms with Gasteiger partial charge in [0, 0.05) is 36.6 Å². The fourth-order valence-electron chi connectivity index (χ4n) is 3.94. The summed E-state index contributed by atoms with van der Waals surface area (Å²) < 4.78 is 17.0. The van der Waals surface area contributed by atoms with Gasteiger partial charge < -0.3 is 15.2 Å². The van der Waals surface area contributed by atoms with Crippen molar-refractivity contribution in [3.05, 3.63) is 64.9 Å². The monoisotopic (exact) mass is 423 g/mol. The van der Waals surface area contributed by atoms with E-state index in [1.54, 1.807) is 22.9 Å². The maximum Gasteiger partial charge on any atom is 0.271 e. The lowest BCUT2D eigenvalue weighted by Crippen LogP contribution is -2.36. The first-order valence-electron chi connectivity index (χ1n) is 10.3. The van der Waals surface area contributed by atoms with Crippen LogP contribution in [-0.2, 0) is 20.0 Å².